The first-order chi connectivity index (χ1) is 11.6. The molecule has 0 saturated heterocycles. The minimum absolute atomic E-state index is 0.121. The lowest BCUT2D eigenvalue weighted by atomic mass is 10.3. The lowest BCUT2D eigenvalue weighted by molar-refractivity contribution is 0.0906. The zero-order valence-electron chi connectivity index (χ0n) is 13.8. The van der Waals surface area contributed by atoms with E-state index in [0.717, 1.165) is 11.0 Å². The number of aromatic nitrogens is 2. The Kier molecular flexibility index (Phi) is 4.57. The molecular formula is C18H21N3O3. The Labute approximate surface area is 140 Å². The van der Waals surface area contributed by atoms with Crippen LogP contribution >= 0.6 is 0 Å². The predicted molar refractivity (Wildman–Crippen MR) is 91.3 cm³/mol. The molecule has 6 nitrogen and oxygen atoms in total. The van der Waals surface area contributed by atoms with Crippen LogP contribution in [0.4, 0.5) is 0 Å². The molecule has 24 heavy (non-hydrogen) atoms. The molecule has 0 fully saturated rings. The Hall–Kier alpha value is -2.73. The Morgan fingerprint density at radius 2 is 1.67 bits per heavy atom. The van der Waals surface area contributed by atoms with Gasteiger partial charge in [0, 0.05) is 7.05 Å². The van der Waals surface area contributed by atoms with Gasteiger partial charge in [-0.2, -0.15) is 0 Å². The third kappa shape index (κ3) is 3.00. The average Bonchev–Trinajstić information content (AvgIpc) is 2.85. The van der Waals surface area contributed by atoms with Crippen molar-refractivity contribution in [3.05, 3.63) is 54.1 Å². The first-order valence-corrected chi connectivity index (χ1v) is 7.74. The number of methoxy groups -OCH3 is 1. The van der Waals surface area contributed by atoms with Crippen LogP contribution in [0.1, 0.15) is 0 Å². The monoisotopic (exact) mass is 327 g/mol. The number of nitrogens with zero attached hydrogens (tertiary/aromatic N) is 2. The molecule has 126 valence electrons. The van der Waals surface area contributed by atoms with Gasteiger partial charge in [0.1, 0.15) is 12.7 Å². The zero-order chi connectivity index (χ0) is 17.1. The fraction of sp³-hybridized carbons (Fsp3) is 0.278. The van der Waals surface area contributed by atoms with Crippen LogP contribution < -0.4 is 15.1 Å². The van der Waals surface area contributed by atoms with Crippen LogP contribution in [0.25, 0.3) is 11.0 Å². The molecule has 1 aromatic heterocycles. The highest BCUT2D eigenvalue weighted by Gasteiger charge is 2.13. The number of aryl methyl sites for hydroxylation is 1. The van der Waals surface area contributed by atoms with Crippen LogP contribution in [-0.2, 0) is 13.6 Å². The maximum absolute atomic E-state index is 10.3. The number of aliphatic hydroxyl groups excluding tert-OH is 1. The molecule has 0 radical (unpaired) electrons. The van der Waals surface area contributed by atoms with E-state index < -0.39 is 6.10 Å². The van der Waals surface area contributed by atoms with Crippen molar-refractivity contribution in [1.82, 2.24) is 9.13 Å². The van der Waals surface area contributed by atoms with Crippen molar-refractivity contribution < 1.29 is 14.6 Å². The molecule has 2 aromatic carbocycles. The second kappa shape index (κ2) is 6.80. The molecule has 6 heteroatoms. The molecule has 3 aromatic rings. The summed E-state index contributed by atoms with van der Waals surface area (Å²) < 4.78 is 14.5. The van der Waals surface area contributed by atoms with Crippen molar-refractivity contribution in [3.63, 3.8) is 0 Å². The van der Waals surface area contributed by atoms with E-state index in [-0.39, 0.29) is 13.2 Å². The number of benzene rings is 2. The zero-order valence-corrected chi connectivity index (χ0v) is 13.8. The third-order valence-electron chi connectivity index (χ3n) is 4.00. The summed E-state index contributed by atoms with van der Waals surface area (Å²) in [5.41, 5.74) is 2.22. The minimum atomic E-state index is -0.741. The summed E-state index contributed by atoms with van der Waals surface area (Å²) >= 11 is 0. The largest absolute Gasteiger partial charge is 0.493 e. The summed E-state index contributed by atoms with van der Waals surface area (Å²) in [7, 11) is 3.43. The van der Waals surface area contributed by atoms with Crippen LogP contribution in [0.5, 0.6) is 11.5 Å². The van der Waals surface area contributed by atoms with Gasteiger partial charge >= 0.3 is 0 Å². The molecule has 0 aliphatic heterocycles. The number of fused-ring (bicyclic) bond motifs is 1. The van der Waals surface area contributed by atoms with E-state index in [1.165, 1.54) is 0 Å². The molecule has 0 aliphatic carbocycles. The molecular weight excluding hydrogens is 306 g/mol. The molecule has 0 saturated carbocycles. The Bertz CT molecular complexity index is 898. The number of ether oxygens (including phenoxy) is 2. The van der Waals surface area contributed by atoms with Crippen LogP contribution in [0, 0.1) is 5.41 Å². The van der Waals surface area contributed by atoms with Crippen molar-refractivity contribution in [3.8, 4) is 11.5 Å². The summed E-state index contributed by atoms with van der Waals surface area (Å²) in [6, 6.07) is 15.1. The van der Waals surface area contributed by atoms with E-state index in [2.05, 4.69) is 0 Å². The number of hydrogen-bond donors (Lipinski definition) is 2. The van der Waals surface area contributed by atoms with Gasteiger partial charge in [-0.25, -0.2) is 0 Å². The Morgan fingerprint density at radius 3 is 2.38 bits per heavy atom. The SMILES string of the molecule is COc1ccccc1OC[C@H](O)Cn1c(=N)n(C)c2ccccc21. The molecule has 1 heterocycles. The second-order valence-electron chi connectivity index (χ2n) is 5.60. The summed E-state index contributed by atoms with van der Waals surface area (Å²) in [6.07, 6.45) is -0.741. The van der Waals surface area contributed by atoms with E-state index in [9.17, 15) is 5.11 Å². The highest BCUT2D eigenvalue weighted by atomic mass is 16.5. The predicted octanol–water partition coefficient (Wildman–Crippen LogP) is 1.91. The van der Waals surface area contributed by atoms with E-state index >= 15 is 0 Å². The summed E-state index contributed by atoms with van der Waals surface area (Å²) in [4.78, 5) is 0. The first-order valence-electron chi connectivity index (χ1n) is 7.74. The van der Waals surface area contributed by atoms with E-state index in [4.69, 9.17) is 14.9 Å². The smallest absolute Gasteiger partial charge is 0.202 e. The van der Waals surface area contributed by atoms with Gasteiger partial charge < -0.3 is 23.7 Å². The van der Waals surface area contributed by atoms with Crippen LogP contribution in [0.15, 0.2) is 48.5 Å². The summed E-state index contributed by atoms with van der Waals surface area (Å²) in [6.45, 7) is 0.408. The Balaban J connectivity index is 1.75. The quantitative estimate of drug-likeness (QED) is 0.726. The number of nitrogens with one attached hydrogen (secondary N) is 1. The standard InChI is InChI=1S/C18H21N3O3/c1-20-14-7-3-4-8-15(14)21(18(20)19)11-13(22)12-24-17-10-6-5-9-16(17)23-2/h3-10,13,19,22H,11-12H2,1-2H3/t13-/m1/s1. The van der Waals surface area contributed by atoms with Gasteiger partial charge in [0.25, 0.3) is 0 Å². The van der Waals surface area contributed by atoms with Crippen molar-refractivity contribution in [1.29, 1.82) is 5.41 Å². The second-order valence-corrected chi connectivity index (χ2v) is 5.60. The Morgan fingerprint density at radius 1 is 1.04 bits per heavy atom. The van der Waals surface area contributed by atoms with Crippen LogP contribution in [-0.4, -0.2) is 34.1 Å². The fourth-order valence-corrected chi connectivity index (χ4v) is 2.76. The summed E-state index contributed by atoms with van der Waals surface area (Å²) in [5.74, 6) is 1.22. The maximum atomic E-state index is 10.3. The van der Waals surface area contributed by atoms with Gasteiger partial charge in [0.2, 0.25) is 5.62 Å². The lowest BCUT2D eigenvalue weighted by Crippen LogP contribution is -2.30. The van der Waals surface area contributed by atoms with E-state index in [1.807, 2.05) is 49.5 Å². The van der Waals surface area contributed by atoms with Gasteiger partial charge in [-0.3, -0.25) is 5.41 Å². The normalized spacial score (nSPS) is 12.3. The van der Waals surface area contributed by atoms with Crippen LogP contribution in [0.2, 0.25) is 0 Å². The molecule has 0 bridgehead atoms. The number of hydrogen-bond acceptors (Lipinski definition) is 4. The van der Waals surface area contributed by atoms with Gasteiger partial charge in [-0.15, -0.1) is 0 Å². The van der Waals surface area contributed by atoms with Gasteiger partial charge in [0.05, 0.1) is 24.7 Å². The fourth-order valence-electron chi connectivity index (χ4n) is 2.76. The van der Waals surface area contributed by atoms with Crippen molar-refractivity contribution in [2.75, 3.05) is 13.7 Å². The number of aliphatic hydroxyl groups is 1. The van der Waals surface area contributed by atoms with Crippen molar-refractivity contribution in [2.45, 2.75) is 12.6 Å². The number of imidazole rings is 1. The van der Waals surface area contributed by atoms with Gasteiger partial charge in [0.15, 0.2) is 11.5 Å². The lowest BCUT2D eigenvalue weighted by Gasteiger charge is -2.15. The molecule has 0 amide bonds. The molecule has 1 atom stereocenters. The van der Waals surface area contributed by atoms with E-state index in [0.29, 0.717) is 17.1 Å². The van der Waals surface area contributed by atoms with E-state index in [1.54, 1.807) is 22.3 Å². The molecule has 2 N–H and O–H groups in total. The number of para-hydroxylation sites is 4. The highest BCUT2D eigenvalue weighted by molar-refractivity contribution is 5.75. The number of rotatable bonds is 6. The summed E-state index contributed by atoms with van der Waals surface area (Å²) in [5, 5.41) is 18.6. The van der Waals surface area contributed by atoms with Crippen LogP contribution in [0.3, 0.4) is 0 Å². The van der Waals surface area contributed by atoms with Gasteiger partial charge in [-0.05, 0) is 24.3 Å². The third-order valence-corrected chi connectivity index (χ3v) is 4.00. The highest BCUT2D eigenvalue weighted by Crippen LogP contribution is 2.25. The van der Waals surface area contributed by atoms with Gasteiger partial charge in [-0.1, -0.05) is 24.3 Å². The maximum Gasteiger partial charge on any atom is 0.202 e. The molecule has 3 rings (SSSR count). The molecule has 0 spiro atoms. The topological polar surface area (TPSA) is 72.4 Å². The average molecular weight is 327 g/mol. The molecule has 0 aliphatic rings. The van der Waals surface area contributed by atoms with Crippen molar-refractivity contribution in [2.24, 2.45) is 7.05 Å². The van der Waals surface area contributed by atoms with Crippen molar-refractivity contribution >= 4 is 11.0 Å². The minimum Gasteiger partial charge on any atom is -0.493 e. The molecule has 0 unspecified atom stereocenters. The first kappa shape index (κ1) is 16.1.